The number of amidine groups is 1. The molecular weight excluding hydrogens is 220 g/mol. The second-order valence-electron chi connectivity index (χ2n) is 2.69. The van der Waals surface area contributed by atoms with Gasteiger partial charge >= 0.3 is 0 Å². The highest BCUT2D eigenvalue weighted by Crippen LogP contribution is 2.24. The van der Waals surface area contributed by atoms with Gasteiger partial charge < -0.3 is 0 Å². The smallest absolute Gasteiger partial charge is 0.253 e. The van der Waals surface area contributed by atoms with E-state index in [4.69, 9.17) is 11.8 Å². The lowest BCUT2D eigenvalue weighted by atomic mass is 10.3. The topological polar surface area (TPSA) is 32.7 Å². The Labute approximate surface area is 90.9 Å². The summed E-state index contributed by atoms with van der Waals surface area (Å²) in [6.07, 6.45) is 0. The van der Waals surface area contributed by atoms with Gasteiger partial charge in [0.15, 0.2) is 5.17 Å². The summed E-state index contributed by atoms with van der Waals surface area (Å²) in [4.78, 5) is 15.3. The number of hydrogen-bond acceptors (Lipinski definition) is 3. The summed E-state index contributed by atoms with van der Waals surface area (Å²) in [5, 5.41) is 0.544. The van der Waals surface area contributed by atoms with Crippen LogP contribution in [0.2, 0.25) is 0 Å². The van der Waals surface area contributed by atoms with Crippen LogP contribution in [0.25, 0.3) is 0 Å². The van der Waals surface area contributed by atoms with Gasteiger partial charge in [0.1, 0.15) is 0 Å². The van der Waals surface area contributed by atoms with Crippen molar-refractivity contribution in [3.63, 3.8) is 0 Å². The monoisotopic (exact) mass is 226 g/mol. The van der Waals surface area contributed by atoms with Crippen LogP contribution in [0, 0.1) is 0 Å². The molecule has 2 rings (SSSR count). The van der Waals surface area contributed by atoms with Crippen LogP contribution in [0.3, 0.4) is 0 Å². The first-order valence-electron chi connectivity index (χ1n) is 4.02. The Morgan fingerprint density at radius 2 is 2.07 bits per heavy atom. The van der Waals surface area contributed by atoms with Crippen molar-refractivity contribution in [2.24, 2.45) is 4.99 Å². The van der Waals surface area contributed by atoms with Gasteiger partial charge in [-0.1, -0.05) is 30.0 Å². The van der Waals surface area contributed by atoms with Crippen LogP contribution in [0.1, 0.15) is 0 Å². The SMILES string of the molecule is O=C1CSC(=Nc2ccccc2)N1Cl. The molecule has 0 aliphatic carbocycles. The van der Waals surface area contributed by atoms with E-state index in [0.29, 0.717) is 10.9 Å². The molecule has 1 aromatic rings. The Kier molecular flexibility index (Phi) is 2.74. The Morgan fingerprint density at radius 1 is 1.36 bits per heavy atom. The van der Waals surface area contributed by atoms with Gasteiger partial charge in [-0.25, -0.2) is 4.99 Å². The number of nitrogens with zero attached hydrogens (tertiary/aromatic N) is 2. The lowest BCUT2D eigenvalue weighted by Gasteiger charge is -2.03. The quantitative estimate of drug-likeness (QED) is 0.689. The maximum atomic E-state index is 11.1. The molecule has 0 N–H and O–H groups in total. The third-order valence-corrected chi connectivity index (χ3v) is 3.06. The summed E-state index contributed by atoms with van der Waals surface area (Å²) in [6.45, 7) is 0. The van der Waals surface area contributed by atoms with E-state index in [1.807, 2.05) is 30.3 Å². The Hall–Kier alpha value is -1.00. The molecule has 0 atom stereocenters. The predicted octanol–water partition coefficient (Wildman–Crippen LogP) is 2.40. The van der Waals surface area contributed by atoms with Crippen LogP contribution >= 0.6 is 23.5 Å². The number of hydrogen-bond donors (Lipinski definition) is 0. The fourth-order valence-electron chi connectivity index (χ4n) is 1.04. The number of thioether (sulfide) groups is 1. The normalized spacial score (nSPS) is 19.4. The third-order valence-electron chi connectivity index (χ3n) is 1.69. The van der Waals surface area contributed by atoms with Crippen LogP contribution in [-0.4, -0.2) is 21.2 Å². The number of halogens is 1. The maximum Gasteiger partial charge on any atom is 0.253 e. The largest absolute Gasteiger partial charge is 0.272 e. The number of rotatable bonds is 1. The van der Waals surface area contributed by atoms with Crippen molar-refractivity contribution in [1.82, 2.24) is 4.42 Å². The number of amides is 1. The Bertz CT molecular complexity index is 380. The van der Waals surface area contributed by atoms with Crippen molar-refractivity contribution in [2.75, 3.05) is 5.75 Å². The number of benzene rings is 1. The molecule has 1 aliphatic rings. The Balaban J connectivity index is 2.24. The molecule has 0 spiro atoms. The van der Waals surface area contributed by atoms with E-state index in [1.54, 1.807) is 0 Å². The fourth-order valence-corrected chi connectivity index (χ4v) is 2.12. The molecule has 0 unspecified atom stereocenters. The first-order valence-corrected chi connectivity index (χ1v) is 5.35. The van der Waals surface area contributed by atoms with Gasteiger partial charge in [0.05, 0.1) is 11.4 Å². The van der Waals surface area contributed by atoms with E-state index >= 15 is 0 Å². The highest BCUT2D eigenvalue weighted by molar-refractivity contribution is 8.15. The standard InChI is InChI=1S/C9H7ClN2OS/c10-12-8(13)6-14-9(12)11-7-4-2-1-3-5-7/h1-5H,6H2. The van der Waals surface area contributed by atoms with Crippen molar-refractivity contribution in [3.8, 4) is 0 Å². The number of aliphatic imine (C=N–C) groups is 1. The van der Waals surface area contributed by atoms with Crippen LogP contribution in [0.4, 0.5) is 5.69 Å². The van der Waals surface area contributed by atoms with E-state index in [1.165, 1.54) is 11.8 Å². The number of carbonyl (C=O) groups excluding carboxylic acids is 1. The van der Waals surface area contributed by atoms with Gasteiger partial charge in [-0.2, -0.15) is 4.42 Å². The third kappa shape index (κ3) is 1.91. The molecule has 1 heterocycles. The second kappa shape index (κ2) is 4.02. The molecule has 3 nitrogen and oxygen atoms in total. The molecule has 1 aliphatic heterocycles. The average Bonchev–Trinajstić information content (AvgIpc) is 2.52. The van der Waals surface area contributed by atoms with Crippen molar-refractivity contribution < 1.29 is 4.79 Å². The molecular formula is C9H7ClN2OS. The fraction of sp³-hybridized carbons (Fsp3) is 0.111. The van der Waals surface area contributed by atoms with Crippen LogP contribution in [0.5, 0.6) is 0 Å². The van der Waals surface area contributed by atoms with Gasteiger partial charge in [-0.15, -0.1) is 0 Å². The van der Waals surface area contributed by atoms with Gasteiger partial charge in [0, 0.05) is 11.8 Å². The van der Waals surface area contributed by atoms with Crippen molar-refractivity contribution in [2.45, 2.75) is 0 Å². The molecule has 1 saturated heterocycles. The first-order chi connectivity index (χ1) is 6.77. The number of para-hydroxylation sites is 1. The van der Waals surface area contributed by atoms with Gasteiger partial charge in [-0.3, -0.25) is 4.79 Å². The molecule has 0 aromatic heterocycles. The lowest BCUT2D eigenvalue weighted by Crippen LogP contribution is -2.18. The Morgan fingerprint density at radius 3 is 2.64 bits per heavy atom. The average molecular weight is 227 g/mol. The van der Waals surface area contributed by atoms with E-state index in [-0.39, 0.29) is 5.91 Å². The second-order valence-corrected chi connectivity index (χ2v) is 3.97. The molecule has 1 amide bonds. The molecule has 14 heavy (non-hydrogen) atoms. The summed E-state index contributed by atoms with van der Waals surface area (Å²) in [5.41, 5.74) is 0.801. The minimum absolute atomic E-state index is 0.119. The van der Waals surface area contributed by atoms with E-state index < -0.39 is 0 Å². The van der Waals surface area contributed by atoms with E-state index in [0.717, 1.165) is 10.1 Å². The molecule has 0 saturated carbocycles. The van der Waals surface area contributed by atoms with Crippen molar-refractivity contribution in [1.29, 1.82) is 0 Å². The minimum Gasteiger partial charge on any atom is -0.272 e. The zero-order valence-corrected chi connectivity index (χ0v) is 8.76. The molecule has 1 aromatic carbocycles. The van der Waals surface area contributed by atoms with Crippen molar-refractivity contribution >= 4 is 40.3 Å². The molecule has 0 bridgehead atoms. The zero-order valence-electron chi connectivity index (χ0n) is 7.18. The maximum absolute atomic E-state index is 11.1. The van der Waals surface area contributed by atoms with Crippen LogP contribution < -0.4 is 0 Å². The molecule has 72 valence electrons. The van der Waals surface area contributed by atoms with E-state index in [9.17, 15) is 4.79 Å². The molecule has 5 heteroatoms. The first kappa shape index (κ1) is 9.55. The van der Waals surface area contributed by atoms with Gasteiger partial charge in [0.2, 0.25) is 0 Å². The zero-order chi connectivity index (χ0) is 9.97. The summed E-state index contributed by atoms with van der Waals surface area (Å²) >= 11 is 7.06. The van der Waals surface area contributed by atoms with E-state index in [2.05, 4.69) is 4.99 Å². The van der Waals surface area contributed by atoms with Crippen LogP contribution in [-0.2, 0) is 4.79 Å². The van der Waals surface area contributed by atoms with Gasteiger partial charge in [-0.05, 0) is 12.1 Å². The summed E-state index contributed by atoms with van der Waals surface area (Å²) < 4.78 is 1.07. The number of carbonyl (C=O) groups is 1. The summed E-state index contributed by atoms with van der Waals surface area (Å²) in [5.74, 6) is 0.251. The van der Waals surface area contributed by atoms with Crippen molar-refractivity contribution in [3.05, 3.63) is 30.3 Å². The summed E-state index contributed by atoms with van der Waals surface area (Å²) in [6, 6.07) is 9.41. The van der Waals surface area contributed by atoms with Gasteiger partial charge in [0.25, 0.3) is 5.91 Å². The van der Waals surface area contributed by atoms with Crippen LogP contribution in [0.15, 0.2) is 35.3 Å². The highest BCUT2D eigenvalue weighted by atomic mass is 35.5. The highest BCUT2D eigenvalue weighted by Gasteiger charge is 2.26. The molecule has 1 fully saturated rings. The lowest BCUT2D eigenvalue weighted by molar-refractivity contribution is -0.120. The summed E-state index contributed by atoms with van der Waals surface area (Å²) in [7, 11) is 0. The predicted molar refractivity (Wildman–Crippen MR) is 58.7 cm³/mol. The minimum atomic E-state index is -0.119. The molecule has 0 radical (unpaired) electrons.